The molecule has 2 aromatic rings. The maximum Gasteiger partial charge on any atom is 0.328 e. The summed E-state index contributed by atoms with van der Waals surface area (Å²) >= 11 is 0. The van der Waals surface area contributed by atoms with E-state index in [4.69, 9.17) is 4.74 Å². The van der Waals surface area contributed by atoms with Crippen molar-refractivity contribution in [1.82, 2.24) is 10.2 Å². The standard InChI is InChI=1S/C29H40N2O3/c1-21-7-6-19-31(21)20-18-24-10-15-26(16-11-24)25-13-8-23(9-14-25)12-17-27(32)30-22(2)28(33)34-29(3,4)5/h8-11,13-16,21-22H,6-7,12,17-20H2,1-5H3,(H,30,32)/t21-,22?/m1/s1. The number of hydrogen-bond donors (Lipinski definition) is 1. The molecule has 1 heterocycles. The van der Waals surface area contributed by atoms with Crippen LogP contribution >= 0.6 is 0 Å². The molecule has 0 spiro atoms. The molecule has 2 aromatic carbocycles. The highest BCUT2D eigenvalue weighted by atomic mass is 16.6. The number of hydrogen-bond acceptors (Lipinski definition) is 4. The number of amides is 1. The molecule has 3 rings (SSSR count). The Labute approximate surface area is 204 Å². The molecule has 1 aliphatic rings. The van der Waals surface area contributed by atoms with Gasteiger partial charge in [0.15, 0.2) is 0 Å². The van der Waals surface area contributed by atoms with E-state index in [-0.39, 0.29) is 5.91 Å². The van der Waals surface area contributed by atoms with Crippen LogP contribution < -0.4 is 5.32 Å². The molecule has 1 fully saturated rings. The van der Waals surface area contributed by atoms with Gasteiger partial charge in [-0.2, -0.15) is 0 Å². The summed E-state index contributed by atoms with van der Waals surface area (Å²) in [5, 5.41) is 2.73. The van der Waals surface area contributed by atoms with Gasteiger partial charge in [-0.15, -0.1) is 0 Å². The number of nitrogens with zero attached hydrogens (tertiary/aromatic N) is 1. The zero-order chi connectivity index (χ0) is 24.7. The third-order valence-corrected chi connectivity index (χ3v) is 6.40. The van der Waals surface area contributed by atoms with Crippen LogP contribution in [0.15, 0.2) is 48.5 Å². The van der Waals surface area contributed by atoms with E-state index in [1.165, 1.54) is 36.1 Å². The Bertz CT molecular complexity index is 945. The minimum Gasteiger partial charge on any atom is -0.458 e. The SMILES string of the molecule is CC(NC(=O)CCc1ccc(-c2ccc(CCN3CCC[C@H]3C)cc2)cc1)C(=O)OC(C)(C)C. The Morgan fingerprint density at radius 3 is 2.06 bits per heavy atom. The molecule has 0 aliphatic carbocycles. The molecule has 34 heavy (non-hydrogen) atoms. The lowest BCUT2D eigenvalue weighted by molar-refractivity contribution is -0.158. The molecule has 0 aromatic heterocycles. The van der Waals surface area contributed by atoms with Crippen molar-refractivity contribution in [3.8, 4) is 11.1 Å². The molecule has 1 aliphatic heterocycles. The molecular weight excluding hydrogens is 424 g/mol. The smallest absolute Gasteiger partial charge is 0.328 e. The van der Waals surface area contributed by atoms with Crippen LogP contribution in [0.1, 0.15) is 65.0 Å². The number of carbonyl (C=O) groups is 2. The first-order valence-electron chi connectivity index (χ1n) is 12.6. The number of rotatable bonds is 9. The molecule has 0 radical (unpaired) electrons. The van der Waals surface area contributed by atoms with E-state index in [2.05, 4.69) is 65.7 Å². The average Bonchev–Trinajstić information content (AvgIpc) is 3.20. The van der Waals surface area contributed by atoms with Crippen molar-refractivity contribution in [3.05, 3.63) is 59.7 Å². The van der Waals surface area contributed by atoms with Gasteiger partial charge in [0, 0.05) is 19.0 Å². The first-order chi connectivity index (χ1) is 16.1. The molecule has 5 heteroatoms. The van der Waals surface area contributed by atoms with Crippen molar-refractivity contribution in [2.24, 2.45) is 0 Å². The number of aryl methyl sites for hydroxylation is 1. The molecule has 5 nitrogen and oxygen atoms in total. The van der Waals surface area contributed by atoms with E-state index in [1.807, 2.05) is 20.8 Å². The fraction of sp³-hybridized carbons (Fsp3) is 0.517. The Balaban J connectivity index is 1.45. The first kappa shape index (κ1) is 26.0. The molecule has 1 amide bonds. The Kier molecular flexibility index (Phi) is 8.90. The second-order valence-corrected chi connectivity index (χ2v) is 10.5. The predicted octanol–water partition coefficient (Wildman–Crippen LogP) is 5.16. The molecule has 0 saturated carbocycles. The van der Waals surface area contributed by atoms with Gasteiger partial charge < -0.3 is 15.0 Å². The van der Waals surface area contributed by atoms with Crippen LogP contribution in [-0.2, 0) is 27.2 Å². The van der Waals surface area contributed by atoms with Gasteiger partial charge in [0.05, 0.1) is 0 Å². The second kappa shape index (κ2) is 11.7. The lowest BCUT2D eigenvalue weighted by Crippen LogP contribution is -2.42. The number of benzene rings is 2. The van der Waals surface area contributed by atoms with E-state index in [9.17, 15) is 9.59 Å². The van der Waals surface area contributed by atoms with Crippen LogP contribution in [0.4, 0.5) is 0 Å². The predicted molar refractivity (Wildman–Crippen MR) is 138 cm³/mol. The van der Waals surface area contributed by atoms with Crippen LogP contribution in [-0.4, -0.2) is 47.6 Å². The second-order valence-electron chi connectivity index (χ2n) is 10.5. The number of esters is 1. The monoisotopic (exact) mass is 464 g/mol. The van der Waals surface area contributed by atoms with Gasteiger partial charge in [0.25, 0.3) is 0 Å². The van der Waals surface area contributed by atoms with Crippen molar-refractivity contribution in [2.45, 2.75) is 84.4 Å². The molecule has 1 N–H and O–H groups in total. The van der Waals surface area contributed by atoms with Gasteiger partial charge in [0.1, 0.15) is 11.6 Å². The normalized spacial score (nSPS) is 17.4. The van der Waals surface area contributed by atoms with E-state index in [0.29, 0.717) is 12.8 Å². The minimum absolute atomic E-state index is 0.152. The number of nitrogens with one attached hydrogen (secondary N) is 1. The third kappa shape index (κ3) is 7.98. The summed E-state index contributed by atoms with van der Waals surface area (Å²) < 4.78 is 5.31. The quantitative estimate of drug-likeness (QED) is 0.521. The summed E-state index contributed by atoms with van der Waals surface area (Å²) in [7, 11) is 0. The maximum atomic E-state index is 12.3. The summed E-state index contributed by atoms with van der Waals surface area (Å²) in [5.74, 6) is -0.567. The van der Waals surface area contributed by atoms with Crippen LogP contribution in [0.25, 0.3) is 11.1 Å². The average molecular weight is 465 g/mol. The van der Waals surface area contributed by atoms with Crippen LogP contribution in [0.3, 0.4) is 0 Å². The van der Waals surface area contributed by atoms with E-state index in [1.54, 1.807) is 6.92 Å². The minimum atomic E-state index is -0.657. The lowest BCUT2D eigenvalue weighted by atomic mass is 10.00. The van der Waals surface area contributed by atoms with E-state index < -0.39 is 17.6 Å². The number of likely N-dealkylation sites (tertiary alicyclic amines) is 1. The van der Waals surface area contributed by atoms with E-state index >= 15 is 0 Å². The summed E-state index contributed by atoms with van der Waals surface area (Å²) in [6, 6.07) is 17.3. The lowest BCUT2D eigenvalue weighted by Gasteiger charge is -2.22. The zero-order valence-electron chi connectivity index (χ0n) is 21.4. The fourth-order valence-corrected chi connectivity index (χ4v) is 4.35. The van der Waals surface area contributed by atoms with Gasteiger partial charge in [-0.1, -0.05) is 48.5 Å². The third-order valence-electron chi connectivity index (χ3n) is 6.40. The van der Waals surface area contributed by atoms with E-state index in [0.717, 1.165) is 24.6 Å². The number of ether oxygens (including phenoxy) is 1. The van der Waals surface area contributed by atoms with Crippen molar-refractivity contribution >= 4 is 11.9 Å². The van der Waals surface area contributed by atoms with Crippen LogP contribution in [0, 0.1) is 0 Å². The van der Waals surface area contributed by atoms with Crippen LogP contribution in [0.2, 0.25) is 0 Å². The Morgan fingerprint density at radius 2 is 1.56 bits per heavy atom. The van der Waals surface area contributed by atoms with Gasteiger partial charge in [0.2, 0.25) is 5.91 Å². The maximum absolute atomic E-state index is 12.3. The first-order valence-corrected chi connectivity index (χ1v) is 12.6. The molecule has 0 bridgehead atoms. The largest absolute Gasteiger partial charge is 0.458 e. The fourth-order valence-electron chi connectivity index (χ4n) is 4.35. The van der Waals surface area contributed by atoms with Crippen LogP contribution in [0.5, 0.6) is 0 Å². The van der Waals surface area contributed by atoms with Crippen molar-refractivity contribution in [1.29, 1.82) is 0 Å². The molecule has 1 saturated heterocycles. The summed E-state index contributed by atoms with van der Waals surface area (Å²) in [4.78, 5) is 26.9. The number of carbonyl (C=O) groups excluding carboxylic acids is 2. The highest BCUT2D eigenvalue weighted by molar-refractivity contribution is 5.84. The van der Waals surface area contributed by atoms with Gasteiger partial charge in [-0.25, -0.2) is 4.79 Å². The van der Waals surface area contributed by atoms with Gasteiger partial charge in [-0.3, -0.25) is 4.79 Å². The molecule has 1 unspecified atom stereocenters. The van der Waals surface area contributed by atoms with Crippen molar-refractivity contribution in [3.63, 3.8) is 0 Å². The summed E-state index contributed by atoms with van der Waals surface area (Å²) in [6.45, 7) is 11.8. The highest BCUT2D eigenvalue weighted by Gasteiger charge is 2.23. The van der Waals surface area contributed by atoms with Gasteiger partial charge in [-0.05, 0) is 89.1 Å². The highest BCUT2D eigenvalue weighted by Crippen LogP contribution is 2.22. The Morgan fingerprint density at radius 1 is 1.00 bits per heavy atom. The summed E-state index contributed by atoms with van der Waals surface area (Å²) in [5.41, 5.74) is 4.29. The molecule has 184 valence electrons. The molecule has 2 atom stereocenters. The topological polar surface area (TPSA) is 58.6 Å². The Hall–Kier alpha value is -2.66. The summed E-state index contributed by atoms with van der Waals surface area (Å²) in [6.07, 6.45) is 4.70. The van der Waals surface area contributed by atoms with Gasteiger partial charge >= 0.3 is 5.97 Å². The van der Waals surface area contributed by atoms with Crippen molar-refractivity contribution in [2.75, 3.05) is 13.1 Å². The molecular formula is C29H40N2O3. The van der Waals surface area contributed by atoms with Crippen molar-refractivity contribution < 1.29 is 14.3 Å². The zero-order valence-corrected chi connectivity index (χ0v) is 21.4.